The summed E-state index contributed by atoms with van der Waals surface area (Å²) in [5.41, 5.74) is 5.96. The molecule has 3 rings (SSSR count). The summed E-state index contributed by atoms with van der Waals surface area (Å²) in [6, 6.07) is 2.44. The van der Waals surface area contributed by atoms with E-state index in [4.69, 9.17) is 20.5 Å². The lowest BCUT2D eigenvalue weighted by atomic mass is 9.82. The van der Waals surface area contributed by atoms with Gasteiger partial charge in [0, 0.05) is 32.7 Å². The van der Waals surface area contributed by atoms with Gasteiger partial charge in [-0.25, -0.2) is 4.79 Å². The summed E-state index contributed by atoms with van der Waals surface area (Å²) in [5.74, 6) is -1.75. The molecule has 2 unspecified atom stereocenters. The van der Waals surface area contributed by atoms with E-state index in [0.29, 0.717) is 38.3 Å². The molecule has 0 radical (unpaired) electrons. The normalized spacial score (nSPS) is 20.3. The second-order valence-corrected chi connectivity index (χ2v) is 7.91. The molecule has 30 heavy (non-hydrogen) atoms. The van der Waals surface area contributed by atoms with E-state index in [-0.39, 0.29) is 30.2 Å². The van der Waals surface area contributed by atoms with Crippen molar-refractivity contribution in [2.45, 2.75) is 37.2 Å². The molecule has 2 heterocycles. The zero-order valence-corrected chi connectivity index (χ0v) is 16.5. The van der Waals surface area contributed by atoms with Crippen LogP contribution in [0.3, 0.4) is 0 Å². The van der Waals surface area contributed by atoms with E-state index in [1.54, 1.807) is 4.90 Å². The first-order valence-corrected chi connectivity index (χ1v) is 9.84. The Morgan fingerprint density at radius 1 is 1.27 bits per heavy atom. The minimum absolute atomic E-state index is 0.0348. The molecular weight excluding hydrogens is 397 g/mol. The van der Waals surface area contributed by atoms with Gasteiger partial charge in [0.1, 0.15) is 29.4 Å². The van der Waals surface area contributed by atoms with Crippen molar-refractivity contribution in [1.82, 2.24) is 9.80 Å². The van der Waals surface area contributed by atoms with Crippen LogP contribution in [0.15, 0.2) is 12.1 Å². The number of aromatic hydroxyl groups is 1. The predicted molar refractivity (Wildman–Crippen MR) is 106 cm³/mol. The minimum Gasteiger partial charge on any atom is -0.507 e. The number of nitrogens with zero attached hydrogens (tertiary/aromatic N) is 2. The SMILES string of the molecule is NC(CN1CC(Oc2ccc(CCB(O)O)c(O)c2C(=O)O)C1)C(O)N1CC(O)C1. The van der Waals surface area contributed by atoms with Gasteiger partial charge in [-0.1, -0.05) is 6.07 Å². The standard InChI is InChI=1S/C18H28BN3O8/c20-13(17(25)22-5-11(23)6-22)9-21-7-12(8-21)30-14-2-1-10(3-4-19(28)29)16(24)15(14)18(26)27/h1-2,11-13,17,23-25,28-29H,3-9,20H2,(H,26,27). The van der Waals surface area contributed by atoms with E-state index in [0.717, 1.165) is 0 Å². The molecular formula is C18H28BN3O8. The number of likely N-dealkylation sites (tertiary alicyclic amines) is 2. The van der Waals surface area contributed by atoms with E-state index < -0.39 is 37.2 Å². The number of carboxylic acids is 1. The van der Waals surface area contributed by atoms with Crippen molar-refractivity contribution in [2.24, 2.45) is 5.73 Å². The average Bonchev–Trinajstić information content (AvgIpc) is 2.61. The Bertz CT molecular complexity index is 755. The highest BCUT2D eigenvalue weighted by Gasteiger charge is 2.36. The fourth-order valence-electron chi connectivity index (χ4n) is 3.70. The van der Waals surface area contributed by atoms with Crippen LogP contribution in [0.2, 0.25) is 6.32 Å². The van der Waals surface area contributed by atoms with Crippen LogP contribution in [0.1, 0.15) is 15.9 Å². The summed E-state index contributed by atoms with van der Waals surface area (Å²) >= 11 is 0. The number of hydrogen-bond donors (Lipinski definition) is 7. The summed E-state index contributed by atoms with van der Waals surface area (Å²) in [6.45, 7) is 2.19. The van der Waals surface area contributed by atoms with E-state index in [9.17, 15) is 25.2 Å². The van der Waals surface area contributed by atoms with Crippen molar-refractivity contribution in [3.63, 3.8) is 0 Å². The number of β-amino-alcohol motifs (C(OH)–C–C–N with tert-alkyl or cyclic N) is 1. The van der Waals surface area contributed by atoms with Gasteiger partial charge >= 0.3 is 13.1 Å². The van der Waals surface area contributed by atoms with E-state index >= 15 is 0 Å². The van der Waals surface area contributed by atoms with Crippen molar-refractivity contribution in [3.05, 3.63) is 23.3 Å². The van der Waals surface area contributed by atoms with Crippen LogP contribution < -0.4 is 10.5 Å². The van der Waals surface area contributed by atoms with Crippen molar-refractivity contribution in [1.29, 1.82) is 0 Å². The third kappa shape index (κ3) is 5.21. The maximum atomic E-state index is 11.6. The fourth-order valence-corrected chi connectivity index (χ4v) is 3.70. The second kappa shape index (κ2) is 9.48. The molecule has 2 fully saturated rings. The van der Waals surface area contributed by atoms with Crippen LogP contribution in [0.25, 0.3) is 0 Å². The first kappa shape index (κ1) is 22.8. The first-order chi connectivity index (χ1) is 14.2. The Kier molecular flexibility index (Phi) is 7.19. The van der Waals surface area contributed by atoms with Crippen molar-refractivity contribution < 1.29 is 40.0 Å². The first-order valence-electron chi connectivity index (χ1n) is 9.84. The average molecular weight is 425 g/mol. The zero-order valence-electron chi connectivity index (χ0n) is 16.5. The molecule has 166 valence electrons. The number of aliphatic hydroxyl groups is 2. The van der Waals surface area contributed by atoms with E-state index in [2.05, 4.69) is 0 Å². The van der Waals surface area contributed by atoms with Gasteiger partial charge in [0.15, 0.2) is 0 Å². The largest absolute Gasteiger partial charge is 0.507 e. The lowest BCUT2D eigenvalue weighted by Crippen LogP contribution is -2.64. The maximum absolute atomic E-state index is 11.6. The van der Waals surface area contributed by atoms with Gasteiger partial charge in [-0.15, -0.1) is 0 Å². The number of aromatic carboxylic acids is 1. The number of carboxylic acid groups (broad SMARTS) is 1. The Morgan fingerprint density at radius 2 is 1.93 bits per heavy atom. The van der Waals surface area contributed by atoms with Gasteiger partial charge in [-0.2, -0.15) is 0 Å². The number of rotatable bonds is 10. The molecule has 12 heteroatoms. The molecule has 2 aliphatic heterocycles. The van der Waals surface area contributed by atoms with Gasteiger partial charge in [0.2, 0.25) is 0 Å². The Morgan fingerprint density at radius 3 is 2.50 bits per heavy atom. The maximum Gasteiger partial charge on any atom is 0.451 e. The van der Waals surface area contributed by atoms with Crippen LogP contribution in [-0.4, -0.2) is 111 Å². The molecule has 11 nitrogen and oxygen atoms in total. The van der Waals surface area contributed by atoms with Crippen LogP contribution in [0.4, 0.5) is 0 Å². The van der Waals surface area contributed by atoms with Gasteiger partial charge in [-0.05, 0) is 24.4 Å². The highest BCUT2D eigenvalue weighted by Crippen LogP contribution is 2.34. The summed E-state index contributed by atoms with van der Waals surface area (Å²) < 4.78 is 5.74. The number of aryl methyl sites for hydroxylation is 1. The molecule has 0 aromatic heterocycles. The van der Waals surface area contributed by atoms with Crippen molar-refractivity contribution in [3.8, 4) is 11.5 Å². The predicted octanol–water partition coefficient (Wildman–Crippen LogP) is -2.51. The number of benzene rings is 1. The molecule has 0 saturated carbocycles. The summed E-state index contributed by atoms with van der Waals surface area (Å²) in [5, 5.41) is 57.2. The third-order valence-corrected chi connectivity index (χ3v) is 5.44. The van der Waals surface area contributed by atoms with Crippen LogP contribution in [0.5, 0.6) is 11.5 Å². The Labute approximate surface area is 174 Å². The van der Waals surface area contributed by atoms with Crippen molar-refractivity contribution in [2.75, 3.05) is 32.7 Å². The molecule has 0 bridgehead atoms. The Balaban J connectivity index is 1.53. The van der Waals surface area contributed by atoms with E-state index in [1.807, 2.05) is 4.90 Å². The third-order valence-electron chi connectivity index (χ3n) is 5.44. The van der Waals surface area contributed by atoms with Crippen LogP contribution >= 0.6 is 0 Å². The molecule has 2 atom stereocenters. The molecule has 1 aromatic carbocycles. The molecule has 2 aliphatic rings. The fraction of sp³-hybridized carbons (Fsp3) is 0.611. The number of carbonyl (C=O) groups is 1. The smallest absolute Gasteiger partial charge is 0.451 e. The summed E-state index contributed by atoms with van der Waals surface area (Å²) in [7, 11) is -1.55. The molecule has 2 saturated heterocycles. The molecule has 1 aromatic rings. The van der Waals surface area contributed by atoms with Gasteiger partial charge in [-0.3, -0.25) is 9.80 Å². The summed E-state index contributed by atoms with van der Waals surface area (Å²) in [6.07, 6.45) is -1.48. The van der Waals surface area contributed by atoms with E-state index in [1.165, 1.54) is 12.1 Å². The molecule has 0 spiro atoms. The number of nitrogens with two attached hydrogens (primary N) is 1. The minimum atomic E-state index is -1.55. The van der Waals surface area contributed by atoms with Crippen LogP contribution in [-0.2, 0) is 6.42 Å². The quantitative estimate of drug-likeness (QED) is 0.197. The number of ether oxygens (including phenoxy) is 1. The monoisotopic (exact) mass is 425 g/mol. The zero-order chi connectivity index (χ0) is 22.0. The lowest BCUT2D eigenvalue weighted by molar-refractivity contribution is -0.114. The number of phenols is 1. The lowest BCUT2D eigenvalue weighted by Gasteiger charge is -2.44. The van der Waals surface area contributed by atoms with Gasteiger partial charge in [0.05, 0.1) is 12.1 Å². The Hall–Kier alpha value is -1.93. The highest BCUT2D eigenvalue weighted by molar-refractivity contribution is 6.41. The number of aliphatic hydroxyl groups excluding tert-OH is 2. The van der Waals surface area contributed by atoms with Crippen LogP contribution in [0, 0.1) is 0 Å². The van der Waals surface area contributed by atoms with Gasteiger partial charge < -0.3 is 40.9 Å². The van der Waals surface area contributed by atoms with Gasteiger partial charge in [0.25, 0.3) is 0 Å². The molecule has 0 aliphatic carbocycles. The highest BCUT2D eigenvalue weighted by atomic mass is 16.5. The topological polar surface area (TPSA) is 180 Å². The van der Waals surface area contributed by atoms with Crippen molar-refractivity contribution >= 4 is 13.1 Å². The number of hydrogen-bond acceptors (Lipinski definition) is 10. The second-order valence-electron chi connectivity index (χ2n) is 7.91. The molecule has 8 N–H and O–H groups in total. The molecule has 0 amide bonds. The summed E-state index contributed by atoms with van der Waals surface area (Å²) in [4.78, 5) is 15.3.